The summed E-state index contributed by atoms with van der Waals surface area (Å²) >= 11 is 7.24. The molecule has 4 rings (SSSR count). The van der Waals surface area contributed by atoms with Gasteiger partial charge in [-0.25, -0.2) is 0 Å². The Hall–Kier alpha value is -3.03. The predicted octanol–water partition coefficient (Wildman–Crippen LogP) is 4.75. The number of rotatable bonds is 5. The van der Waals surface area contributed by atoms with Gasteiger partial charge in [0.05, 0.1) is 0 Å². The Bertz CT molecular complexity index is 1100. The number of hydrogen-bond donors (Lipinski definition) is 1. The van der Waals surface area contributed by atoms with Gasteiger partial charge >= 0.3 is 0 Å². The van der Waals surface area contributed by atoms with Crippen molar-refractivity contribution in [1.29, 1.82) is 0 Å². The van der Waals surface area contributed by atoms with Gasteiger partial charge in [-0.2, -0.15) is 0 Å². The third kappa shape index (κ3) is 4.58. The van der Waals surface area contributed by atoms with Crippen molar-refractivity contribution in [2.24, 2.45) is 0 Å². The highest BCUT2D eigenvalue weighted by molar-refractivity contribution is 7.15. The molecule has 1 aliphatic rings. The van der Waals surface area contributed by atoms with E-state index in [0.29, 0.717) is 28.7 Å². The summed E-state index contributed by atoms with van der Waals surface area (Å²) in [5.41, 5.74) is 2.34. The molecule has 2 heterocycles. The van der Waals surface area contributed by atoms with Crippen molar-refractivity contribution in [3.63, 3.8) is 0 Å². The Kier molecular flexibility index (Phi) is 5.92. The average molecular weight is 439 g/mol. The zero-order valence-electron chi connectivity index (χ0n) is 16.2. The number of aromatic nitrogens is 2. The molecule has 30 heavy (non-hydrogen) atoms. The zero-order chi connectivity index (χ0) is 21.1. The first-order chi connectivity index (χ1) is 14.5. The van der Waals surface area contributed by atoms with Gasteiger partial charge in [-0.05, 0) is 42.8 Å². The maximum Gasteiger partial charge on any atom is 0.253 e. The van der Waals surface area contributed by atoms with Crippen molar-refractivity contribution < 1.29 is 9.59 Å². The van der Waals surface area contributed by atoms with Crippen LogP contribution in [0.15, 0.2) is 60.2 Å². The SMILES string of the molecule is C/C(=C\c1ccccc1)C(=O)Nc1nnc(C2CC(=O)N(c3ccc(Cl)cc3)C2)s1. The molecule has 0 aliphatic carbocycles. The summed E-state index contributed by atoms with van der Waals surface area (Å²) in [6.07, 6.45) is 2.18. The molecule has 1 unspecified atom stereocenters. The first-order valence-electron chi connectivity index (χ1n) is 9.43. The molecule has 152 valence electrons. The van der Waals surface area contributed by atoms with E-state index in [9.17, 15) is 9.59 Å². The topological polar surface area (TPSA) is 75.2 Å². The van der Waals surface area contributed by atoms with Crippen LogP contribution in [0.2, 0.25) is 5.02 Å². The van der Waals surface area contributed by atoms with Crippen LogP contribution in [0.5, 0.6) is 0 Å². The Labute approximate surface area is 183 Å². The van der Waals surface area contributed by atoms with E-state index in [1.165, 1.54) is 11.3 Å². The highest BCUT2D eigenvalue weighted by Crippen LogP contribution is 2.34. The van der Waals surface area contributed by atoms with Gasteiger partial charge in [0, 0.05) is 35.2 Å². The number of carbonyl (C=O) groups is 2. The van der Waals surface area contributed by atoms with E-state index in [1.54, 1.807) is 24.0 Å². The van der Waals surface area contributed by atoms with Gasteiger partial charge in [-0.3, -0.25) is 14.9 Å². The quantitative estimate of drug-likeness (QED) is 0.583. The van der Waals surface area contributed by atoms with Crippen molar-refractivity contribution in [2.45, 2.75) is 19.3 Å². The molecule has 1 atom stereocenters. The number of hydrogen-bond acceptors (Lipinski definition) is 5. The van der Waals surface area contributed by atoms with E-state index < -0.39 is 0 Å². The third-order valence-corrected chi connectivity index (χ3v) is 6.07. The first-order valence-corrected chi connectivity index (χ1v) is 10.6. The highest BCUT2D eigenvalue weighted by atomic mass is 35.5. The smallest absolute Gasteiger partial charge is 0.253 e. The summed E-state index contributed by atoms with van der Waals surface area (Å²) in [6.45, 7) is 2.28. The fourth-order valence-corrected chi connectivity index (χ4v) is 4.21. The van der Waals surface area contributed by atoms with Gasteiger partial charge in [-0.1, -0.05) is 53.3 Å². The van der Waals surface area contributed by atoms with Crippen molar-refractivity contribution in [3.05, 3.63) is 75.8 Å². The lowest BCUT2D eigenvalue weighted by Crippen LogP contribution is -2.24. The molecule has 6 nitrogen and oxygen atoms in total. The summed E-state index contributed by atoms with van der Waals surface area (Å²) in [4.78, 5) is 26.6. The molecule has 1 saturated heterocycles. The fourth-order valence-electron chi connectivity index (χ4n) is 3.25. The molecule has 1 N–H and O–H groups in total. The fraction of sp³-hybridized carbons (Fsp3) is 0.182. The number of anilines is 2. The minimum atomic E-state index is -0.230. The van der Waals surface area contributed by atoms with E-state index in [0.717, 1.165) is 16.3 Å². The number of carbonyl (C=O) groups excluding carboxylic acids is 2. The maximum absolute atomic E-state index is 12.5. The molecule has 2 amide bonds. The molecule has 0 radical (unpaired) electrons. The van der Waals surface area contributed by atoms with Gasteiger partial charge in [0.1, 0.15) is 5.01 Å². The summed E-state index contributed by atoms with van der Waals surface area (Å²) in [7, 11) is 0. The van der Waals surface area contributed by atoms with Gasteiger partial charge in [0.15, 0.2) is 0 Å². The van der Waals surface area contributed by atoms with E-state index in [2.05, 4.69) is 15.5 Å². The van der Waals surface area contributed by atoms with Crippen molar-refractivity contribution in [2.75, 3.05) is 16.8 Å². The molecule has 0 bridgehead atoms. The molecule has 1 aliphatic heterocycles. The number of nitrogens with zero attached hydrogens (tertiary/aromatic N) is 3. The second-order valence-corrected chi connectivity index (χ2v) is 8.46. The minimum absolute atomic E-state index is 0.0322. The van der Waals surface area contributed by atoms with Crippen LogP contribution >= 0.6 is 22.9 Å². The second-order valence-electron chi connectivity index (χ2n) is 7.02. The third-order valence-electron chi connectivity index (χ3n) is 4.81. The Morgan fingerprint density at radius 3 is 2.63 bits per heavy atom. The van der Waals surface area contributed by atoms with Crippen molar-refractivity contribution in [3.8, 4) is 0 Å². The summed E-state index contributed by atoms with van der Waals surface area (Å²) in [5, 5.41) is 12.9. The van der Waals surface area contributed by atoms with Crippen LogP contribution in [0.4, 0.5) is 10.8 Å². The summed E-state index contributed by atoms with van der Waals surface area (Å²) < 4.78 is 0. The highest BCUT2D eigenvalue weighted by Gasteiger charge is 2.34. The minimum Gasteiger partial charge on any atom is -0.312 e. The first kappa shape index (κ1) is 20.3. The summed E-state index contributed by atoms with van der Waals surface area (Å²) in [6, 6.07) is 16.8. The van der Waals surface area contributed by atoms with Gasteiger partial charge in [0.2, 0.25) is 11.0 Å². The van der Waals surface area contributed by atoms with Crippen LogP contribution in [-0.4, -0.2) is 28.6 Å². The molecule has 0 spiro atoms. The molecule has 1 aromatic heterocycles. The normalized spacial score (nSPS) is 16.7. The van der Waals surface area contributed by atoms with Crippen LogP contribution in [-0.2, 0) is 9.59 Å². The van der Waals surface area contributed by atoms with Crippen molar-refractivity contribution >= 4 is 51.6 Å². The Morgan fingerprint density at radius 1 is 1.17 bits per heavy atom. The van der Waals surface area contributed by atoms with Crippen LogP contribution in [0, 0.1) is 0 Å². The lowest BCUT2D eigenvalue weighted by atomic mass is 10.1. The lowest BCUT2D eigenvalue weighted by molar-refractivity contribution is -0.117. The number of benzene rings is 2. The Balaban J connectivity index is 1.42. The Morgan fingerprint density at radius 2 is 1.90 bits per heavy atom. The van der Waals surface area contributed by atoms with Gasteiger partial charge in [0.25, 0.3) is 5.91 Å². The van der Waals surface area contributed by atoms with E-state index in [1.807, 2.05) is 48.5 Å². The van der Waals surface area contributed by atoms with Crippen LogP contribution in [0.3, 0.4) is 0 Å². The molecule has 2 aromatic carbocycles. The molecular weight excluding hydrogens is 420 g/mol. The van der Waals surface area contributed by atoms with Crippen LogP contribution in [0.25, 0.3) is 6.08 Å². The number of halogens is 1. The molecule has 0 saturated carbocycles. The number of nitrogens with one attached hydrogen (secondary N) is 1. The van der Waals surface area contributed by atoms with Crippen LogP contribution in [0.1, 0.15) is 29.8 Å². The van der Waals surface area contributed by atoms with Crippen LogP contribution < -0.4 is 10.2 Å². The standard InChI is InChI=1S/C22H19ClN4O2S/c1-14(11-15-5-3-2-4-6-15)20(29)24-22-26-25-21(30-22)16-12-19(28)27(13-16)18-9-7-17(23)8-10-18/h2-11,16H,12-13H2,1H3,(H,24,26,29)/b14-11+. The number of amides is 2. The maximum atomic E-state index is 12.5. The molecule has 8 heteroatoms. The monoisotopic (exact) mass is 438 g/mol. The van der Waals surface area contributed by atoms with E-state index >= 15 is 0 Å². The predicted molar refractivity (Wildman–Crippen MR) is 120 cm³/mol. The lowest BCUT2D eigenvalue weighted by Gasteiger charge is -2.16. The summed E-state index contributed by atoms with van der Waals surface area (Å²) in [5.74, 6) is -0.256. The molecule has 3 aromatic rings. The average Bonchev–Trinajstić information content (AvgIpc) is 3.36. The molecule has 1 fully saturated rings. The second kappa shape index (κ2) is 8.77. The van der Waals surface area contributed by atoms with Gasteiger partial charge in [-0.15, -0.1) is 10.2 Å². The molecular formula is C22H19ClN4O2S. The van der Waals surface area contributed by atoms with E-state index in [-0.39, 0.29) is 17.7 Å². The zero-order valence-corrected chi connectivity index (χ0v) is 17.8. The van der Waals surface area contributed by atoms with Gasteiger partial charge < -0.3 is 4.90 Å². The van der Waals surface area contributed by atoms with Crippen molar-refractivity contribution in [1.82, 2.24) is 10.2 Å². The largest absolute Gasteiger partial charge is 0.312 e. The van der Waals surface area contributed by atoms with E-state index in [4.69, 9.17) is 11.6 Å².